The van der Waals surface area contributed by atoms with E-state index < -0.39 is 13.3 Å². The number of aromatic carboxylic acids is 1. The third-order valence-corrected chi connectivity index (χ3v) is 1.13. The zero-order valence-electron chi connectivity index (χ0n) is 7.99. The fourth-order valence-corrected chi connectivity index (χ4v) is 0.654. The van der Waals surface area contributed by atoms with Gasteiger partial charge in [-0.15, -0.1) is 0 Å². The van der Waals surface area contributed by atoms with Gasteiger partial charge < -0.3 is 25.3 Å². The second-order valence-electron chi connectivity index (χ2n) is 2.15. The molecule has 1 rings (SSSR count). The van der Waals surface area contributed by atoms with Crippen LogP contribution < -0.4 is 23.9 Å². The van der Waals surface area contributed by atoms with E-state index in [1.807, 2.05) is 0 Å². The number of benzene rings is 1. The van der Waals surface area contributed by atoms with E-state index in [0.29, 0.717) is 0 Å². The molecule has 76 valence electrons. The van der Waals surface area contributed by atoms with Crippen LogP contribution in [0.1, 0.15) is 10.4 Å². The zero-order chi connectivity index (χ0) is 11.1. The van der Waals surface area contributed by atoms with Gasteiger partial charge in [0.1, 0.15) is 11.3 Å². The van der Waals surface area contributed by atoms with Gasteiger partial charge in [-0.1, -0.05) is 12.1 Å². The van der Waals surface area contributed by atoms with Crippen molar-refractivity contribution in [2.75, 3.05) is 0 Å². The molecule has 0 aromatic heterocycles. The molecule has 8 heteroatoms. The molecule has 1 aromatic carbocycles. The van der Waals surface area contributed by atoms with Crippen LogP contribution in [0.2, 0.25) is 0 Å². The molecule has 0 amide bonds. The monoisotopic (exact) mass is 206 g/mol. The van der Waals surface area contributed by atoms with Crippen LogP contribution in [-0.4, -0.2) is 33.6 Å². The second kappa shape index (κ2) is 8.35. The average Bonchev–Trinajstić information content (AvgIpc) is 2.03. The smallest absolute Gasteiger partial charge is 0.832 e. The van der Waals surface area contributed by atoms with Gasteiger partial charge in [-0.3, -0.25) is 0 Å². The minimum Gasteiger partial charge on any atom is -0.832 e. The predicted molar refractivity (Wildman–Crippen MR) is 45.3 cm³/mol. The fourth-order valence-electron chi connectivity index (χ4n) is 0.654. The van der Waals surface area contributed by atoms with Crippen LogP contribution in [0.3, 0.4) is 0 Å². The Hall–Kier alpha value is -0.968. The maximum Gasteiger partial charge on any atom is 1.00 e. The Bertz CT molecular complexity index is 303. The molecule has 0 fully saturated rings. The van der Waals surface area contributed by atoms with E-state index in [9.17, 15) is 4.79 Å². The van der Waals surface area contributed by atoms with Gasteiger partial charge in [-0.05, 0) is 12.1 Å². The van der Waals surface area contributed by atoms with Crippen molar-refractivity contribution in [3.8, 4) is 5.75 Å². The molecular formula is C7H8BLiO6. The number of carboxylic acids is 1. The molecule has 0 saturated carbocycles. The van der Waals surface area contributed by atoms with Gasteiger partial charge in [0, 0.05) is 0 Å². The molecule has 0 atom stereocenters. The first kappa shape index (κ1) is 16.5. The molecule has 0 aliphatic rings. The Labute approximate surface area is 98.2 Å². The van der Waals surface area contributed by atoms with Gasteiger partial charge in [0.25, 0.3) is 0 Å². The van der Waals surface area contributed by atoms with Gasteiger partial charge >= 0.3 is 32.2 Å². The zero-order valence-corrected chi connectivity index (χ0v) is 7.99. The number of hydrogen-bond donors (Lipinski definition) is 4. The molecular weight excluding hydrogens is 198 g/mol. The summed E-state index contributed by atoms with van der Waals surface area (Å²) in [6.45, 7) is 0. The van der Waals surface area contributed by atoms with Crippen molar-refractivity contribution in [3.05, 3.63) is 29.8 Å². The minimum absolute atomic E-state index is 0. The fraction of sp³-hybridized carbons (Fsp3) is 0. The normalized spacial score (nSPS) is 7.93. The van der Waals surface area contributed by atoms with Gasteiger partial charge in [-0.2, -0.15) is 0 Å². The van der Waals surface area contributed by atoms with E-state index in [0.717, 1.165) is 0 Å². The molecule has 4 N–H and O–H groups in total. The van der Waals surface area contributed by atoms with E-state index in [-0.39, 0.29) is 30.2 Å². The number of phenols is 1. The van der Waals surface area contributed by atoms with Crippen LogP contribution in [0.25, 0.3) is 0 Å². The topological polar surface area (TPSA) is 121 Å². The van der Waals surface area contributed by atoms with Gasteiger partial charge in [0.15, 0.2) is 0 Å². The van der Waals surface area contributed by atoms with Crippen molar-refractivity contribution in [3.63, 3.8) is 0 Å². The Balaban J connectivity index is 0. The van der Waals surface area contributed by atoms with Crippen molar-refractivity contribution < 1.29 is 48.9 Å². The maximum absolute atomic E-state index is 10.3. The number of hydrogen-bond acceptors (Lipinski definition) is 5. The molecule has 0 saturated heterocycles. The van der Waals surface area contributed by atoms with E-state index in [1.165, 1.54) is 12.1 Å². The van der Waals surface area contributed by atoms with E-state index in [1.54, 1.807) is 12.1 Å². The van der Waals surface area contributed by atoms with Crippen molar-refractivity contribution in [2.24, 2.45) is 0 Å². The van der Waals surface area contributed by atoms with Crippen molar-refractivity contribution in [1.29, 1.82) is 0 Å². The number of para-hydroxylation sites is 1. The Morgan fingerprint density at radius 1 is 1.27 bits per heavy atom. The number of carbonyl (C=O) groups is 1. The van der Waals surface area contributed by atoms with Crippen LogP contribution in [0, 0.1) is 0 Å². The summed E-state index contributed by atoms with van der Waals surface area (Å²) in [5.41, 5.74) is -0.0671. The van der Waals surface area contributed by atoms with E-state index in [4.69, 9.17) is 25.3 Å². The maximum atomic E-state index is 10.3. The minimum atomic E-state index is -2.42. The largest absolute Gasteiger partial charge is 1.00 e. The summed E-state index contributed by atoms with van der Waals surface area (Å²) in [5, 5.41) is 40.1. The van der Waals surface area contributed by atoms with Crippen LogP contribution in [0.4, 0.5) is 0 Å². The molecule has 6 nitrogen and oxygen atoms in total. The first-order valence-corrected chi connectivity index (χ1v) is 3.48. The summed E-state index contributed by atoms with van der Waals surface area (Å²) < 4.78 is 0. The Kier molecular flexibility index (Phi) is 9.16. The summed E-state index contributed by atoms with van der Waals surface area (Å²) in [5.74, 6) is -1.31. The summed E-state index contributed by atoms with van der Waals surface area (Å²) in [6.07, 6.45) is 0. The molecule has 0 bridgehead atoms. The summed E-state index contributed by atoms with van der Waals surface area (Å²) >= 11 is 0. The molecule has 1 aromatic rings. The number of carboxylic acid groups (broad SMARTS) is 1. The predicted octanol–water partition coefficient (Wildman–Crippen LogP) is -4.59. The molecule has 0 spiro atoms. The molecule has 0 aliphatic carbocycles. The van der Waals surface area contributed by atoms with Crippen molar-refractivity contribution >= 4 is 13.3 Å². The molecule has 0 heterocycles. The summed E-state index contributed by atoms with van der Waals surface area (Å²) in [4.78, 5) is 10.3. The van der Waals surface area contributed by atoms with Crippen LogP contribution in [0.15, 0.2) is 24.3 Å². The van der Waals surface area contributed by atoms with E-state index in [2.05, 4.69) is 0 Å². The van der Waals surface area contributed by atoms with Crippen molar-refractivity contribution in [1.82, 2.24) is 0 Å². The molecule has 15 heavy (non-hydrogen) atoms. The SMILES string of the molecule is O=C(O)c1ccccc1O.[Li+].[O-]B(O)O. The third-order valence-electron chi connectivity index (χ3n) is 1.13. The average molecular weight is 206 g/mol. The second-order valence-corrected chi connectivity index (χ2v) is 2.15. The standard InChI is InChI=1S/C7H6O3.BH2O3.Li/c8-6-4-2-1-3-5(6)7(9)10;2-1(3)4;/h1-4,8H,(H,9,10);2-3H;/q;-1;+1. The van der Waals surface area contributed by atoms with Gasteiger partial charge in [-0.25, -0.2) is 4.79 Å². The first-order valence-electron chi connectivity index (χ1n) is 3.48. The van der Waals surface area contributed by atoms with Crippen LogP contribution >= 0.6 is 0 Å². The van der Waals surface area contributed by atoms with E-state index >= 15 is 0 Å². The summed E-state index contributed by atoms with van der Waals surface area (Å²) in [6, 6.07) is 5.81. The van der Waals surface area contributed by atoms with Gasteiger partial charge in [0.2, 0.25) is 0 Å². The van der Waals surface area contributed by atoms with Crippen LogP contribution in [0.5, 0.6) is 5.75 Å². The number of rotatable bonds is 1. The van der Waals surface area contributed by atoms with Crippen LogP contribution in [-0.2, 0) is 0 Å². The molecule has 0 aliphatic heterocycles. The van der Waals surface area contributed by atoms with Gasteiger partial charge in [0.05, 0.1) is 0 Å². The van der Waals surface area contributed by atoms with Crippen molar-refractivity contribution in [2.45, 2.75) is 0 Å². The number of aromatic hydroxyl groups is 1. The molecule has 0 radical (unpaired) electrons. The molecule has 0 unspecified atom stereocenters. The summed E-state index contributed by atoms with van der Waals surface area (Å²) in [7, 11) is -2.42. The quantitative estimate of drug-likeness (QED) is 0.343. The third kappa shape index (κ3) is 8.06. The Morgan fingerprint density at radius 3 is 1.93 bits per heavy atom. The Morgan fingerprint density at radius 2 is 1.67 bits per heavy atom. The first-order chi connectivity index (χ1) is 6.45.